The highest BCUT2D eigenvalue weighted by Crippen LogP contribution is 2.05. The third-order valence-corrected chi connectivity index (χ3v) is 3.91. The first-order valence-corrected chi connectivity index (χ1v) is 7.70. The Morgan fingerprint density at radius 3 is 2.41 bits per heavy atom. The lowest BCUT2D eigenvalue weighted by atomic mass is 10.1. The first-order chi connectivity index (χ1) is 10.7. The van der Waals surface area contributed by atoms with Crippen molar-refractivity contribution in [2.45, 2.75) is 6.42 Å². The Balaban J connectivity index is 1.67. The van der Waals surface area contributed by atoms with Gasteiger partial charge >= 0.3 is 0 Å². The van der Waals surface area contributed by atoms with Crippen LogP contribution in [0.2, 0.25) is 0 Å². The van der Waals surface area contributed by atoms with E-state index in [1.165, 1.54) is 5.56 Å². The van der Waals surface area contributed by atoms with Gasteiger partial charge in [-0.25, -0.2) is 0 Å². The van der Waals surface area contributed by atoms with Gasteiger partial charge in [0.05, 0.1) is 13.1 Å². The van der Waals surface area contributed by atoms with Crippen LogP contribution in [0.25, 0.3) is 0 Å². The molecule has 2 rings (SSSR count). The van der Waals surface area contributed by atoms with Crippen LogP contribution in [-0.2, 0) is 16.0 Å². The third kappa shape index (κ3) is 5.13. The minimum atomic E-state index is -0.296. The van der Waals surface area contributed by atoms with Crippen LogP contribution in [0.15, 0.2) is 30.3 Å². The average molecular weight is 304 g/mol. The van der Waals surface area contributed by atoms with Crippen LogP contribution in [0.4, 0.5) is 0 Å². The lowest BCUT2D eigenvalue weighted by Crippen LogP contribution is -2.51. The number of hydrogen-bond donors (Lipinski definition) is 2. The summed E-state index contributed by atoms with van der Waals surface area (Å²) in [6.45, 7) is 4.15. The fourth-order valence-corrected chi connectivity index (χ4v) is 2.51. The van der Waals surface area contributed by atoms with Gasteiger partial charge in [0, 0.05) is 32.7 Å². The van der Waals surface area contributed by atoms with E-state index in [-0.39, 0.29) is 24.9 Å². The Morgan fingerprint density at radius 2 is 1.77 bits per heavy atom. The standard InChI is InChI=1S/C16H24N4O2/c17-12-15(21)18-13-16(22)20-10-8-19(9-11-20)7-6-14-4-2-1-3-5-14/h1-5H,6-13,17H2,(H,18,21). The van der Waals surface area contributed by atoms with E-state index >= 15 is 0 Å². The molecule has 1 aliphatic rings. The average Bonchev–Trinajstić information content (AvgIpc) is 2.59. The molecule has 0 spiro atoms. The highest BCUT2D eigenvalue weighted by molar-refractivity contribution is 5.85. The number of carbonyl (C=O) groups is 2. The molecule has 2 amide bonds. The summed E-state index contributed by atoms with van der Waals surface area (Å²) in [5.74, 6) is -0.334. The molecule has 6 heteroatoms. The largest absolute Gasteiger partial charge is 0.346 e. The number of hydrogen-bond acceptors (Lipinski definition) is 4. The predicted molar refractivity (Wildman–Crippen MR) is 85.2 cm³/mol. The molecule has 1 aliphatic heterocycles. The third-order valence-electron chi connectivity index (χ3n) is 3.91. The normalized spacial score (nSPS) is 15.6. The molecule has 22 heavy (non-hydrogen) atoms. The van der Waals surface area contributed by atoms with Crippen molar-refractivity contribution in [3.8, 4) is 0 Å². The number of carbonyl (C=O) groups excluding carboxylic acids is 2. The second-order valence-corrected chi connectivity index (χ2v) is 5.44. The molecule has 0 saturated carbocycles. The molecule has 0 radical (unpaired) electrons. The molecule has 0 aromatic heterocycles. The maximum atomic E-state index is 12.0. The molecule has 0 atom stereocenters. The second kappa shape index (κ2) is 8.51. The molecule has 1 heterocycles. The fraction of sp³-hybridized carbons (Fsp3) is 0.500. The van der Waals surface area contributed by atoms with Gasteiger partial charge in [0.2, 0.25) is 11.8 Å². The minimum Gasteiger partial charge on any atom is -0.346 e. The van der Waals surface area contributed by atoms with Crippen molar-refractivity contribution in [1.29, 1.82) is 0 Å². The summed E-state index contributed by atoms with van der Waals surface area (Å²) in [4.78, 5) is 27.2. The summed E-state index contributed by atoms with van der Waals surface area (Å²) in [6.07, 6.45) is 1.03. The molecule has 1 saturated heterocycles. The SMILES string of the molecule is NCC(=O)NCC(=O)N1CCN(CCc2ccccc2)CC1. The van der Waals surface area contributed by atoms with Gasteiger partial charge < -0.3 is 16.0 Å². The molecule has 0 bridgehead atoms. The summed E-state index contributed by atoms with van der Waals surface area (Å²) >= 11 is 0. The number of nitrogens with two attached hydrogens (primary N) is 1. The molecule has 120 valence electrons. The minimum absolute atomic E-state index is 0.0375. The van der Waals surface area contributed by atoms with Crippen molar-refractivity contribution < 1.29 is 9.59 Å². The number of benzene rings is 1. The summed E-state index contributed by atoms with van der Waals surface area (Å²) < 4.78 is 0. The van der Waals surface area contributed by atoms with Crippen LogP contribution in [0.5, 0.6) is 0 Å². The van der Waals surface area contributed by atoms with Crippen LogP contribution >= 0.6 is 0 Å². The maximum Gasteiger partial charge on any atom is 0.242 e. The lowest BCUT2D eigenvalue weighted by molar-refractivity contribution is -0.134. The van der Waals surface area contributed by atoms with E-state index in [4.69, 9.17) is 5.73 Å². The van der Waals surface area contributed by atoms with Crippen LogP contribution < -0.4 is 11.1 Å². The van der Waals surface area contributed by atoms with E-state index in [0.29, 0.717) is 13.1 Å². The van der Waals surface area contributed by atoms with Crippen LogP contribution in [-0.4, -0.2) is 67.4 Å². The van der Waals surface area contributed by atoms with Crippen molar-refractivity contribution >= 4 is 11.8 Å². The smallest absolute Gasteiger partial charge is 0.242 e. The molecule has 6 nitrogen and oxygen atoms in total. The van der Waals surface area contributed by atoms with E-state index in [0.717, 1.165) is 26.1 Å². The zero-order valence-electron chi connectivity index (χ0n) is 12.8. The summed E-state index contributed by atoms with van der Waals surface area (Å²) in [5.41, 5.74) is 6.53. The number of nitrogens with one attached hydrogen (secondary N) is 1. The molecule has 0 aliphatic carbocycles. The van der Waals surface area contributed by atoms with Crippen LogP contribution in [0.3, 0.4) is 0 Å². The highest BCUT2D eigenvalue weighted by atomic mass is 16.2. The summed E-state index contributed by atoms with van der Waals surface area (Å²) in [6, 6.07) is 10.4. The van der Waals surface area contributed by atoms with Gasteiger partial charge in [-0.05, 0) is 12.0 Å². The van der Waals surface area contributed by atoms with Gasteiger partial charge in [-0.15, -0.1) is 0 Å². The monoisotopic (exact) mass is 304 g/mol. The number of amides is 2. The van der Waals surface area contributed by atoms with Gasteiger partial charge in [0.15, 0.2) is 0 Å². The van der Waals surface area contributed by atoms with Gasteiger partial charge in [0.1, 0.15) is 0 Å². The second-order valence-electron chi connectivity index (χ2n) is 5.44. The number of nitrogens with zero attached hydrogens (tertiary/aromatic N) is 2. The van der Waals surface area contributed by atoms with Crippen molar-refractivity contribution in [2.24, 2.45) is 5.73 Å². The Morgan fingerprint density at radius 1 is 1.09 bits per heavy atom. The van der Waals surface area contributed by atoms with Crippen LogP contribution in [0.1, 0.15) is 5.56 Å². The molecule has 1 fully saturated rings. The first kappa shape index (κ1) is 16.5. The first-order valence-electron chi connectivity index (χ1n) is 7.70. The summed E-state index contributed by atoms with van der Waals surface area (Å²) in [7, 11) is 0. The Hall–Kier alpha value is -1.92. The van der Waals surface area contributed by atoms with Crippen molar-refractivity contribution in [3.05, 3.63) is 35.9 Å². The molecule has 1 aromatic carbocycles. The van der Waals surface area contributed by atoms with Gasteiger partial charge in [-0.1, -0.05) is 30.3 Å². The number of rotatable bonds is 6. The highest BCUT2D eigenvalue weighted by Gasteiger charge is 2.20. The number of piperazine rings is 1. The molecule has 0 unspecified atom stereocenters. The zero-order valence-corrected chi connectivity index (χ0v) is 12.8. The molecular formula is C16H24N4O2. The van der Waals surface area contributed by atoms with Crippen molar-refractivity contribution in [1.82, 2.24) is 15.1 Å². The lowest BCUT2D eigenvalue weighted by Gasteiger charge is -2.34. The van der Waals surface area contributed by atoms with E-state index in [1.807, 2.05) is 6.07 Å². The topological polar surface area (TPSA) is 78.7 Å². The van der Waals surface area contributed by atoms with Crippen LogP contribution in [0, 0.1) is 0 Å². The summed E-state index contributed by atoms with van der Waals surface area (Å²) in [5, 5.41) is 2.52. The van der Waals surface area contributed by atoms with E-state index in [9.17, 15) is 9.59 Å². The van der Waals surface area contributed by atoms with Gasteiger partial charge in [0.25, 0.3) is 0 Å². The van der Waals surface area contributed by atoms with Gasteiger partial charge in [-0.3, -0.25) is 14.5 Å². The van der Waals surface area contributed by atoms with Crippen molar-refractivity contribution in [3.63, 3.8) is 0 Å². The van der Waals surface area contributed by atoms with Gasteiger partial charge in [-0.2, -0.15) is 0 Å². The van der Waals surface area contributed by atoms with E-state index in [1.54, 1.807) is 4.90 Å². The Kier molecular flexibility index (Phi) is 6.36. The van der Waals surface area contributed by atoms with E-state index in [2.05, 4.69) is 34.5 Å². The quantitative estimate of drug-likeness (QED) is 0.739. The predicted octanol–water partition coefficient (Wildman–Crippen LogP) is -0.552. The maximum absolute atomic E-state index is 12.0. The molecule has 3 N–H and O–H groups in total. The molecular weight excluding hydrogens is 280 g/mol. The molecule has 1 aromatic rings. The fourth-order valence-electron chi connectivity index (χ4n) is 2.51. The Bertz CT molecular complexity index is 484. The van der Waals surface area contributed by atoms with Crippen molar-refractivity contribution in [2.75, 3.05) is 45.8 Å². The Labute approximate surface area is 131 Å². The zero-order chi connectivity index (χ0) is 15.8. The van der Waals surface area contributed by atoms with E-state index < -0.39 is 0 Å².